The maximum absolute atomic E-state index is 12.0. The van der Waals surface area contributed by atoms with E-state index in [-0.39, 0.29) is 11.5 Å². The average molecular weight is 296 g/mol. The first kappa shape index (κ1) is 14.1. The van der Waals surface area contributed by atoms with Crippen LogP contribution in [0.15, 0.2) is 53.6 Å². The third kappa shape index (κ3) is 3.06. The van der Waals surface area contributed by atoms with Crippen LogP contribution >= 0.6 is 0 Å². The van der Waals surface area contributed by atoms with E-state index in [1.54, 1.807) is 12.3 Å². The number of hydrogen-bond donors (Lipinski definition) is 2. The number of rotatable bonds is 5. The molecule has 0 unspecified atom stereocenters. The minimum Gasteiger partial charge on any atom is -0.361 e. The third-order valence-electron chi connectivity index (χ3n) is 3.46. The molecule has 0 aliphatic rings. The van der Waals surface area contributed by atoms with Crippen LogP contribution in [0.3, 0.4) is 0 Å². The second kappa shape index (κ2) is 6.26. The number of hydrogen-bond acceptors (Lipinski definition) is 3. The fourth-order valence-electron chi connectivity index (χ4n) is 2.37. The smallest absolute Gasteiger partial charge is 0.266 e. The van der Waals surface area contributed by atoms with Gasteiger partial charge in [-0.05, 0) is 17.7 Å². The van der Waals surface area contributed by atoms with Crippen LogP contribution in [-0.2, 0) is 17.8 Å². The van der Waals surface area contributed by atoms with E-state index in [2.05, 4.69) is 15.4 Å². The van der Waals surface area contributed by atoms with Gasteiger partial charge in [0, 0.05) is 35.9 Å². The molecular formula is C16H16N4O2. The van der Waals surface area contributed by atoms with Gasteiger partial charge in [0.05, 0.1) is 13.0 Å². The van der Waals surface area contributed by atoms with Gasteiger partial charge in [0.25, 0.3) is 5.56 Å². The summed E-state index contributed by atoms with van der Waals surface area (Å²) in [6.45, 7) is 0.734. The highest BCUT2D eigenvalue weighted by Crippen LogP contribution is 2.17. The summed E-state index contributed by atoms with van der Waals surface area (Å²) < 4.78 is 1.33. The minimum absolute atomic E-state index is 0.0752. The Kier molecular flexibility index (Phi) is 4.00. The predicted molar refractivity (Wildman–Crippen MR) is 83.5 cm³/mol. The first-order valence-corrected chi connectivity index (χ1v) is 7.08. The molecule has 3 aromatic rings. The molecule has 2 N–H and O–H groups in total. The molecule has 6 heteroatoms. The molecule has 0 fully saturated rings. The Hall–Kier alpha value is -2.89. The van der Waals surface area contributed by atoms with E-state index in [9.17, 15) is 9.59 Å². The summed E-state index contributed by atoms with van der Waals surface area (Å²) in [5.41, 5.74) is 1.81. The zero-order valence-electron chi connectivity index (χ0n) is 12.0. The van der Waals surface area contributed by atoms with Crippen LogP contribution in [0.2, 0.25) is 0 Å². The van der Waals surface area contributed by atoms with E-state index in [4.69, 9.17) is 0 Å². The van der Waals surface area contributed by atoms with E-state index in [0.717, 1.165) is 16.5 Å². The van der Waals surface area contributed by atoms with Gasteiger partial charge in [-0.1, -0.05) is 18.2 Å². The number of para-hydroxylation sites is 1. The number of nitrogens with zero attached hydrogens (tertiary/aromatic N) is 2. The molecule has 0 aliphatic carbocycles. The molecule has 2 aromatic heterocycles. The Labute approximate surface area is 126 Å². The monoisotopic (exact) mass is 296 g/mol. The molecule has 112 valence electrons. The van der Waals surface area contributed by atoms with Gasteiger partial charge in [0.15, 0.2) is 0 Å². The van der Waals surface area contributed by atoms with Gasteiger partial charge < -0.3 is 10.3 Å². The summed E-state index contributed by atoms with van der Waals surface area (Å²) in [4.78, 5) is 26.6. The molecule has 0 atom stereocenters. The Morgan fingerprint density at radius 1 is 1.23 bits per heavy atom. The van der Waals surface area contributed by atoms with Gasteiger partial charge >= 0.3 is 0 Å². The summed E-state index contributed by atoms with van der Waals surface area (Å²) in [5.74, 6) is -0.0752. The fourth-order valence-corrected chi connectivity index (χ4v) is 2.37. The molecule has 0 saturated carbocycles. The molecule has 6 nitrogen and oxygen atoms in total. The highest BCUT2D eigenvalue weighted by molar-refractivity contribution is 5.88. The standard InChI is InChI=1S/C16H16N4O2/c21-15(17-8-9-20-16(22)6-3-7-19-20)10-12-11-18-14-5-2-1-4-13(12)14/h1-7,11,18H,8-10H2,(H,17,21). The first-order chi connectivity index (χ1) is 10.7. The maximum Gasteiger partial charge on any atom is 0.266 e. The summed E-state index contributed by atoms with van der Waals surface area (Å²) in [5, 5.41) is 7.80. The number of amides is 1. The van der Waals surface area contributed by atoms with Crippen LogP contribution in [0.1, 0.15) is 5.56 Å². The lowest BCUT2D eigenvalue weighted by atomic mass is 10.1. The topological polar surface area (TPSA) is 79.8 Å². The lowest BCUT2D eigenvalue weighted by molar-refractivity contribution is -0.120. The van der Waals surface area contributed by atoms with Crippen molar-refractivity contribution >= 4 is 16.8 Å². The molecule has 0 aliphatic heterocycles. The number of benzene rings is 1. The molecule has 3 rings (SSSR count). The Morgan fingerprint density at radius 3 is 2.95 bits per heavy atom. The van der Waals surface area contributed by atoms with Gasteiger partial charge in [-0.25, -0.2) is 4.68 Å². The zero-order valence-corrected chi connectivity index (χ0v) is 12.0. The van der Waals surface area contributed by atoms with E-state index in [0.29, 0.717) is 19.5 Å². The summed E-state index contributed by atoms with van der Waals surface area (Å²) >= 11 is 0. The number of H-pyrrole nitrogens is 1. The van der Waals surface area contributed by atoms with Crippen LogP contribution in [0, 0.1) is 0 Å². The lowest BCUT2D eigenvalue weighted by Gasteiger charge is -2.06. The molecular weight excluding hydrogens is 280 g/mol. The second-order valence-electron chi connectivity index (χ2n) is 4.97. The largest absolute Gasteiger partial charge is 0.361 e. The van der Waals surface area contributed by atoms with Crippen LogP contribution in [0.4, 0.5) is 0 Å². The van der Waals surface area contributed by atoms with Crippen molar-refractivity contribution in [2.75, 3.05) is 6.54 Å². The Morgan fingerprint density at radius 2 is 2.09 bits per heavy atom. The average Bonchev–Trinajstić information content (AvgIpc) is 2.92. The van der Waals surface area contributed by atoms with Crippen LogP contribution < -0.4 is 10.9 Å². The number of carbonyl (C=O) groups excluding carboxylic acids is 1. The highest BCUT2D eigenvalue weighted by atomic mass is 16.1. The van der Waals surface area contributed by atoms with Gasteiger partial charge in [-0.2, -0.15) is 5.10 Å². The molecule has 0 radical (unpaired) electrons. The van der Waals surface area contributed by atoms with Gasteiger partial charge in [-0.15, -0.1) is 0 Å². The molecule has 1 aromatic carbocycles. The van der Waals surface area contributed by atoms with Crippen molar-refractivity contribution in [3.05, 3.63) is 64.7 Å². The summed E-state index contributed by atoms with van der Waals surface area (Å²) in [7, 11) is 0. The molecule has 1 amide bonds. The second-order valence-corrected chi connectivity index (χ2v) is 4.97. The normalized spacial score (nSPS) is 10.7. The zero-order chi connectivity index (χ0) is 15.4. The molecule has 2 heterocycles. The van der Waals surface area contributed by atoms with Crippen LogP contribution in [0.5, 0.6) is 0 Å². The van der Waals surface area contributed by atoms with Crippen molar-refractivity contribution in [1.29, 1.82) is 0 Å². The Bertz CT molecular complexity index is 850. The van der Waals surface area contributed by atoms with Crippen molar-refractivity contribution in [2.45, 2.75) is 13.0 Å². The van der Waals surface area contributed by atoms with E-state index in [1.165, 1.54) is 10.7 Å². The van der Waals surface area contributed by atoms with Gasteiger partial charge in [0.1, 0.15) is 0 Å². The van der Waals surface area contributed by atoms with Gasteiger partial charge in [-0.3, -0.25) is 9.59 Å². The SMILES string of the molecule is O=C(Cc1c[nH]c2ccccc12)NCCn1ncccc1=O. The van der Waals surface area contributed by atoms with Crippen molar-refractivity contribution in [1.82, 2.24) is 20.1 Å². The molecule has 0 saturated heterocycles. The Balaban J connectivity index is 1.57. The van der Waals surface area contributed by atoms with Crippen molar-refractivity contribution < 1.29 is 4.79 Å². The fraction of sp³-hybridized carbons (Fsp3) is 0.188. The number of aromatic amines is 1. The molecule has 0 bridgehead atoms. The summed E-state index contributed by atoms with van der Waals surface area (Å²) in [6.07, 6.45) is 3.71. The molecule has 0 spiro atoms. The maximum atomic E-state index is 12.0. The van der Waals surface area contributed by atoms with Crippen LogP contribution in [-0.4, -0.2) is 27.2 Å². The number of nitrogens with one attached hydrogen (secondary N) is 2. The van der Waals surface area contributed by atoms with Crippen LogP contribution in [0.25, 0.3) is 10.9 Å². The first-order valence-electron chi connectivity index (χ1n) is 7.08. The number of carbonyl (C=O) groups is 1. The minimum atomic E-state index is -0.173. The van der Waals surface area contributed by atoms with E-state index < -0.39 is 0 Å². The lowest BCUT2D eigenvalue weighted by Crippen LogP contribution is -2.32. The van der Waals surface area contributed by atoms with E-state index in [1.807, 2.05) is 30.5 Å². The molecule has 22 heavy (non-hydrogen) atoms. The van der Waals surface area contributed by atoms with Crippen molar-refractivity contribution in [3.63, 3.8) is 0 Å². The summed E-state index contributed by atoms with van der Waals surface area (Å²) in [6, 6.07) is 10.9. The van der Waals surface area contributed by atoms with Gasteiger partial charge in [0.2, 0.25) is 5.91 Å². The third-order valence-corrected chi connectivity index (χ3v) is 3.46. The highest BCUT2D eigenvalue weighted by Gasteiger charge is 2.08. The predicted octanol–water partition coefficient (Wildman–Crippen LogP) is 1.08. The number of aromatic nitrogens is 3. The van der Waals surface area contributed by atoms with Crippen molar-refractivity contribution in [2.24, 2.45) is 0 Å². The number of fused-ring (bicyclic) bond motifs is 1. The quantitative estimate of drug-likeness (QED) is 0.739. The van der Waals surface area contributed by atoms with E-state index >= 15 is 0 Å². The van der Waals surface area contributed by atoms with Crippen molar-refractivity contribution in [3.8, 4) is 0 Å².